The highest BCUT2D eigenvalue weighted by Crippen LogP contribution is 2.15. The number of nitrogens with zero attached hydrogens (tertiary/aromatic N) is 2. The molecule has 0 aliphatic rings. The lowest BCUT2D eigenvalue weighted by Gasteiger charge is -2.03. The predicted molar refractivity (Wildman–Crippen MR) is 47.1 cm³/mol. The summed E-state index contributed by atoms with van der Waals surface area (Å²) in [6.45, 7) is 0. The number of imidazole rings is 1. The lowest BCUT2D eigenvalue weighted by molar-refractivity contribution is 0.111. The van der Waals surface area contributed by atoms with Crippen molar-refractivity contribution in [1.82, 2.24) is 9.38 Å². The maximum atomic E-state index is 10.6. The van der Waals surface area contributed by atoms with E-state index in [9.17, 15) is 4.79 Å². The van der Waals surface area contributed by atoms with Crippen LogP contribution in [0.1, 0.15) is 10.5 Å². The summed E-state index contributed by atoms with van der Waals surface area (Å²) in [5.41, 5.74) is 1.20. The fourth-order valence-electron chi connectivity index (χ4n) is 1.27. The van der Waals surface area contributed by atoms with Gasteiger partial charge < -0.3 is 4.74 Å². The molecule has 2 aromatic rings. The van der Waals surface area contributed by atoms with Crippen molar-refractivity contribution >= 4 is 11.9 Å². The van der Waals surface area contributed by atoms with Crippen molar-refractivity contribution in [3.63, 3.8) is 0 Å². The Bertz CT molecular complexity index is 448. The van der Waals surface area contributed by atoms with Crippen molar-refractivity contribution in [3.8, 4) is 5.88 Å². The Morgan fingerprint density at radius 3 is 3.08 bits per heavy atom. The molecule has 66 valence electrons. The summed E-state index contributed by atoms with van der Waals surface area (Å²) < 4.78 is 6.75. The highest BCUT2D eigenvalue weighted by atomic mass is 16.5. The average molecular weight is 176 g/mol. The number of aldehydes is 1. The van der Waals surface area contributed by atoms with Crippen LogP contribution < -0.4 is 4.74 Å². The molecule has 0 amide bonds. The first-order chi connectivity index (χ1) is 6.36. The second-order valence-corrected chi connectivity index (χ2v) is 2.56. The molecular weight excluding hydrogens is 168 g/mol. The van der Waals surface area contributed by atoms with Gasteiger partial charge in [-0.25, -0.2) is 4.98 Å². The van der Waals surface area contributed by atoms with E-state index in [4.69, 9.17) is 4.74 Å². The van der Waals surface area contributed by atoms with Crippen molar-refractivity contribution in [3.05, 3.63) is 30.1 Å². The molecule has 0 aliphatic heterocycles. The number of pyridine rings is 1. The predicted octanol–water partition coefficient (Wildman–Crippen LogP) is 1.16. The monoisotopic (exact) mass is 176 g/mol. The first-order valence-corrected chi connectivity index (χ1v) is 3.82. The van der Waals surface area contributed by atoms with Gasteiger partial charge in [0.1, 0.15) is 11.3 Å². The molecule has 4 nitrogen and oxygen atoms in total. The summed E-state index contributed by atoms with van der Waals surface area (Å²) in [7, 11) is 1.56. The van der Waals surface area contributed by atoms with Gasteiger partial charge in [-0.15, -0.1) is 0 Å². The minimum absolute atomic E-state index is 0.493. The zero-order chi connectivity index (χ0) is 9.26. The van der Waals surface area contributed by atoms with Crippen LogP contribution in [0.2, 0.25) is 0 Å². The zero-order valence-electron chi connectivity index (χ0n) is 7.10. The molecule has 0 radical (unpaired) electrons. The van der Waals surface area contributed by atoms with Crippen LogP contribution in [0.4, 0.5) is 0 Å². The second kappa shape index (κ2) is 2.90. The maximum Gasteiger partial charge on any atom is 0.199 e. The van der Waals surface area contributed by atoms with E-state index >= 15 is 0 Å². The van der Waals surface area contributed by atoms with Gasteiger partial charge in [0.05, 0.1) is 13.3 Å². The van der Waals surface area contributed by atoms with Gasteiger partial charge in [-0.2, -0.15) is 0 Å². The molecular formula is C9H8N2O2. The molecule has 0 saturated carbocycles. The Balaban J connectivity index is 2.83. The van der Waals surface area contributed by atoms with Gasteiger partial charge in [-0.05, 0) is 12.1 Å². The topological polar surface area (TPSA) is 43.6 Å². The van der Waals surface area contributed by atoms with Crippen molar-refractivity contribution < 1.29 is 9.53 Å². The lowest BCUT2D eigenvalue weighted by Crippen LogP contribution is -1.96. The number of carbonyl (C=O) groups is 1. The SMILES string of the molecule is COc1cccc2ncc(C=O)n12. The third-order valence-corrected chi connectivity index (χ3v) is 1.85. The third-order valence-electron chi connectivity index (χ3n) is 1.85. The maximum absolute atomic E-state index is 10.6. The van der Waals surface area contributed by atoms with Gasteiger partial charge in [0.2, 0.25) is 0 Å². The minimum Gasteiger partial charge on any atom is -0.482 e. The molecule has 0 atom stereocenters. The fourth-order valence-corrected chi connectivity index (χ4v) is 1.27. The summed E-state index contributed by atoms with van der Waals surface area (Å²) in [6.07, 6.45) is 2.27. The highest BCUT2D eigenvalue weighted by Gasteiger charge is 2.05. The summed E-state index contributed by atoms with van der Waals surface area (Å²) >= 11 is 0. The van der Waals surface area contributed by atoms with Crippen LogP contribution in [-0.2, 0) is 0 Å². The fraction of sp³-hybridized carbons (Fsp3) is 0.111. The number of fused-ring (bicyclic) bond motifs is 1. The largest absolute Gasteiger partial charge is 0.482 e. The van der Waals surface area contributed by atoms with E-state index in [1.165, 1.54) is 6.20 Å². The highest BCUT2D eigenvalue weighted by molar-refractivity contribution is 5.74. The van der Waals surface area contributed by atoms with E-state index in [1.54, 1.807) is 17.6 Å². The van der Waals surface area contributed by atoms with Crippen LogP contribution in [0, 0.1) is 0 Å². The quantitative estimate of drug-likeness (QED) is 0.645. The Labute approximate surface area is 74.8 Å². The molecule has 0 bridgehead atoms. The number of hydrogen-bond donors (Lipinski definition) is 0. The van der Waals surface area contributed by atoms with Crippen molar-refractivity contribution in [1.29, 1.82) is 0 Å². The normalized spacial score (nSPS) is 10.2. The molecule has 4 heteroatoms. The Hall–Kier alpha value is -1.84. The van der Waals surface area contributed by atoms with E-state index in [0.717, 1.165) is 6.29 Å². The third kappa shape index (κ3) is 1.07. The number of ether oxygens (including phenoxy) is 1. The Kier molecular flexibility index (Phi) is 1.73. The molecule has 2 rings (SSSR count). The summed E-state index contributed by atoms with van der Waals surface area (Å²) in [6, 6.07) is 5.42. The number of hydrogen-bond acceptors (Lipinski definition) is 3. The number of aromatic nitrogens is 2. The number of carbonyl (C=O) groups excluding carboxylic acids is 1. The van der Waals surface area contributed by atoms with Crippen LogP contribution in [0.15, 0.2) is 24.4 Å². The molecule has 2 aromatic heterocycles. The Morgan fingerprint density at radius 1 is 1.54 bits per heavy atom. The van der Waals surface area contributed by atoms with E-state index in [1.807, 2.05) is 12.1 Å². The standard InChI is InChI=1S/C9H8N2O2/c1-13-9-4-2-3-8-10-5-7(6-12)11(8)9/h2-6H,1H3. The number of rotatable bonds is 2. The first kappa shape index (κ1) is 7.79. The molecule has 0 fully saturated rings. The molecule has 0 unspecified atom stereocenters. The lowest BCUT2D eigenvalue weighted by atomic mass is 10.4. The minimum atomic E-state index is 0.493. The first-order valence-electron chi connectivity index (χ1n) is 3.82. The zero-order valence-corrected chi connectivity index (χ0v) is 7.10. The van der Waals surface area contributed by atoms with Gasteiger partial charge in [0.25, 0.3) is 0 Å². The molecule has 0 spiro atoms. The van der Waals surface area contributed by atoms with Crippen LogP contribution in [0.3, 0.4) is 0 Å². The van der Waals surface area contributed by atoms with Crippen LogP contribution >= 0.6 is 0 Å². The van der Waals surface area contributed by atoms with Gasteiger partial charge in [0, 0.05) is 0 Å². The Morgan fingerprint density at radius 2 is 2.38 bits per heavy atom. The van der Waals surface area contributed by atoms with Crippen molar-refractivity contribution in [2.24, 2.45) is 0 Å². The van der Waals surface area contributed by atoms with E-state index in [0.29, 0.717) is 17.2 Å². The molecule has 0 aliphatic carbocycles. The number of methoxy groups -OCH3 is 1. The smallest absolute Gasteiger partial charge is 0.199 e. The van der Waals surface area contributed by atoms with Crippen LogP contribution in [0.5, 0.6) is 5.88 Å². The van der Waals surface area contributed by atoms with Gasteiger partial charge in [-0.3, -0.25) is 9.20 Å². The van der Waals surface area contributed by atoms with Gasteiger partial charge >= 0.3 is 0 Å². The van der Waals surface area contributed by atoms with E-state index in [2.05, 4.69) is 4.98 Å². The van der Waals surface area contributed by atoms with E-state index < -0.39 is 0 Å². The van der Waals surface area contributed by atoms with Crippen LogP contribution in [-0.4, -0.2) is 22.8 Å². The summed E-state index contributed by atoms with van der Waals surface area (Å²) in [4.78, 5) is 14.7. The molecule has 13 heavy (non-hydrogen) atoms. The molecule has 2 heterocycles. The van der Waals surface area contributed by atoms with Crippen molar-refractivity contribution in [2.45, 2.75) is 0 Å². The molecule has 0 aromatic carbocycles. The van der Waals surface area contributed by atoms with Gasteiger partial charge in [-0.1, -0.05) is 6.07 Å². The van der Waals surface area contributed by atoms with E-state index in [-0.39, 0.29) is 0 Å². The van der Waals surface area contributed by atoms with Crippen LogP contribution in [0.25, 0.3) is 5.65 Å². The molecule has 0 saturated heterocycles. The summed E-state index contributed by atoms with van der Waals surface area (Å²) in [5.74, 6) is 0.608. The van der Waals surface area contributed by atoms with Gasteiger partial charge in [0.15, 0.2) is 12.2 Å². The molecule has 0 N–H and O–H groups in total. The van der Waals surface area contributed by atoms with Crippen molar-refractivity contribution in [2.75, 3.05) is 7.11 Å². The second-order valence-electron chi connectivity index (χ2n) is 2.56. The summed E-state index contributed by atoms with van der Waals surface area (Å²) in [5, 5.41) is 0. The average Bonchev–Trinajstić information content (AvgIpc) is 2.60.